The molecule has 0 fully saturated rings. The van der Waals surface area contributed by atoms with E-state index in [-0.39, 0.29) is 5.78 Å². The first kappa shape index (κ1) is 14.7. The highest BCUT2D eigenvalue weighted by Gasteiger charge is 2.13. The molecule has 0 radical (unpaired) electrons. The van der Waals surface area contributed by atoms with Gasteiger partial charge in [-0.05, 0) is 60.7 Å². The van der Waals surface area contributed by atoms with Crippen molar-refractivity contribution in [3.8, 4) is 0 Å². The highest BCUT2D eigenvalue weighted by molar-refractivity contribution is 14.1. The number of rotatable bonds is 4. The number of hydrogen-bond donors (Lipinski definition) is 0. The average molecular weight is 433 g/mol. The quantitative estimate of drug-likeness (QED) is 0.534. The van der Waals surface area contributed by atoms with Gasteiger partial charge in [0.05, 0.1) is 12.1 Å². The summed E-state index contributed by atoms with van der Waals surface area (Å²) in [6, 6.07) is 7.96. The molecule has 0 unspecified atom stereocenters. The minimum absolute atomic E-state index is 0.0970. The van der Waals surface area contributed by atoms with Gasteiger partial charge in [-0.25, -0.2) is 0 Å². The average Bonchev–Trinajstić information content (AvgIpc) is 2.80. The third kappa shape index (κ3) is 3.66. The monoisotopic (exact) mass is 432 g/mol. The van der Waals surface area contributed by atoms with E-state index in [4.69, 9.17) is 0 Å². The summed E-state index contributed by atoms with van der Waals surface area (Å²) in [5.41, 5.74) is 1.56. The molecule has 0 saturated heterocycles. The molecule has 1 aromatic heterocycles. The SMILES string of the molecule is CC(C)n1ccc(CC(=O)c2cc(Br)ccc2I)n1. The molecule has 1 heterocycles. The Morgan fingerprint density at radius 1 is 1.42 bits per heavy atom. The minimum atomic E-state index is 0.0970. The van der Waals surface area contributed by atoms with Crippen LogP contribution in [0, 0.1) is 3.57 Å². The lowest BCUT2D eigenvalue weighted by Crippen LogP contribution is -2.08. The van der Waals surface area contributed by atoms with Crippen LogP contribution in [-0.4, -0.2) is 15.6 Å². The molecule has 1 aromatic carbocycles. The molecule has 0 atom stereocenters. The smallest absolute Gasteiger partial charge is 0.169 e. The molecule has 19 heavy (non-hydrogen) atoms. The summed E-state index contributed by atoms with van der Waals surface area (Å²) in [7, 11) is 0. The van der Waals surface area contributed by atoms with Crippen LogP contribution < -0.4 is 0 Å². The van der Waals surface area contributed by atoms with Gasteiger partial charge in [0, 0.05) is 25.8 Å². The molecule has 0 aliphatic rings. The minimum Gasteiger partial charge on any atom is -0.294 e. The van der Waals surface area contributed by atoms with Crippen LogP contribution in [0.15, 0.2) is 34.9 Å². The summed E-state index contributed by atoms with van der Waals surface area (Å²) in [4.78, 5) is 12.3. The summed E-state index contributed by atoms with van der Waals surface area (Å²) >= 11 is 5.58. The number of carbonyl (C=O) groups is 1. The second kappa shape index (κ2) is 6.17. The molecule has 2 aromatic rings. The van der Waals surface area contributed by atoms with Crippen LogP contribution in [-0.2, 0) is 6.42 Å². The zero-order valence-corrected chi connectivity index (χ0v) is 14.5. The van der Waals surface area contributed by atoms with E-state index in [9.17, 15) is 4.79 Å². The van der Waals surface area contributed by atoms with E-state index >= 15 is 0 Å². The molecular formula is C14H14BrIN2O. The molecule has 0 N–H and O–H groups in total. The van der Waals surface area contributed by atoms with Gasteiger partial charge in [0.15, 0.2) is 5.78 Å². The predicted molar refractivity (Wildman–Crippen MR) is 87.5 cm³/mol. The fourth-order valence-corrected chi connectivity index (χ4v) is 2.73. The van der Waals surface area contributed by atoms with Crippen molar-refractivity contribution in [3.05, 3.63) is 49.8 Å². The number of nitrogens with zero attached hydrogens (tertiary/aromatic N) is 2. The normalized spacial score (nSPS) is 11.0. The molecule has 0 aliphatic heterocycles. The molecular weight excluding hydrogens is 419 g/mol. The maximum absolute atomic E-state index is 12.3. The van der Waals surface area contributed by atoms with Gasteiger partial charge in [-0.15, -0.1) is 0 Å². The zero-order valence-electron chi connectivity index (χ0n) is 10.7. The Bertz CT molecular complexity index is 607. The van der Waals surface area contributed by atoms with Gasteiger partial charge in [-0.3, -0.25) is 9.48 Å². The molecule has 3 nitrogen and oxygen atoms in total. The highest BCUT2D eigenvalue weighted by atomic mass is 127. The third-order valence-corrected chi connectivity index (χ3v) is 4.20. The molecule has 2 rings (SSSR count). The van der Waals surface area contributed by atoms with E-state index in [1.807, 2.05) is 35.1 Å². The van der Waals surface area contributed by atoms with Crippen molar-refractivity contribution in [2.45, 2.75) is 26.3 Å². The highest BCUT2D eigenvalue weighted by Crippen LogP contribution is 2.20. The molecule has 0 amide bonds. The van der Waals surface area contributed by atoms with Gasteiger partial charge in [0.25, 0.3) is 0 Å². The standard InChI is InChI=1S/C14H14BrIN2O/c1-9(2)18-6-5-11(17-18)8-14(19)12-7-10(15)3-4-13(12)16/h3-7,9H,8H2,1-2H3. The van der Waals surface area contributed by atoms with Gasteiger partial charge < -0.3 is 0 Å². The first-order chi connectivity index (χ1) is 8.97. The Balaban J connectivity index is 2.18. The molecule has 0 spiro atoms. The largest absolute Gasteiger partial charge is 0.294 e. The lowest BCUT2D eigenvalue weighted by Gasteiger charge is -2.05. The molecule has 0 aliphatic carbocycles. The van der Waals surface area contributed by atoms with Gasteiger partial charge in [0.2, 0.25) is 0 Å². The first-order valence-electron chi connectivity index (χ1n) is 5.99. The number of halogens is 2. The van der Waals surface area contributed by atoms with Crippen molar-refractivity contribution < 1.29 is 4.79 Å². The Morgan fingerprint density at radius 3 is 2.79 bits per heavy atom. The van der Waals surface area contributed by atoms with E-state index in [0.717, 1.165) is 19.3 Å². The predicted octanol–water partition coefficient (Wildman–Crippen LogP) is 4.26. The van der Waals surface area contributed by atoms with E-state index in [1.165, 1.54) is 0 Å². The summed E-state index contributed by atoms with van der Waals surface area (Å²) in [6.07, 6.45) is 2.26. The van der Waals surface area contributed by atoms with Crippen LogP contribution in [0.4, 0.5) is 0 Å². The van der Waals surface area contributed by atoms with Crippen molar-refractivity contribution in [1.29, 1.82) is 0 Å². The molecule has 5 heteroatoms. The first-order valence-corrected chi connectivity index (χ1v) is 7.87. The lowest BCUT2D eigenvalue weighted by molar-refractivity contribution is 0.0990. The van der Waals surface area contributed by atoms with Crippen molar-refractivity contribution in [3.63, 3.8) is 0 Å². The Kier molecular flexibility index (Phi) is 4.78. The van der Waals surface area contributed by atoms with E-state index in [0.29, 0.717) is 12.5 Å². The fourth-order valence-electron chi connectivity index (χ4n) is 1.73. The number of ketones is 1. The van der Waals surface area contributed by atoms with Crippen LogP contribution in [0.2, 0.25) is 0 Å². The summed E-state index contributed by atoms with van der Waals surface area (Å²) < 4.78 is 3.76. The Morgan fingerprint density at radius 2 is 2.16 bits per heavy atom. The number of benzene rings is 1. The molecule has 100 valence electrons. The molecule has 0 saturated carbocycles. The lowest BCUT2D eigenvalue weighted by atomic mass is 10.1. The maximum atomic E-state index is 12.3. The number of Topliss-reactive ketones (excluding diaryl/α,β-unsaturated/α-hetero) is 1. The number of carbonyl (C=O) groups excluding carboxylic acids is 1. The summed E-state index contributed by atoms with van der Waals surface area (Å²) in [6.45, 7) is 4.13. The van der Waals surface area contributed by atoms with Crippen molar-refractivity contribution in [2.75, 3.05) is 0 Å². The van der Waals surface area contributed by atoms with Gasteiger partial charge in [-0.2, -0.15) is 5.10 Å². The van der Waals surface area contributed by atoms with Gasteiger partial charge in [0.1, 0.15) is 0 Å². The summed E-state index contributed by atoms with van der Waals surface area (Å²) in [5.74, 6) is 0.0970. The van der Waals surface area contributed by atoms with E-state index in [1.54, 1.807) is 0 Å². The summed E-state index contributed by atoms with van der Waals surface area (Å²) in [5, 5.41) is 4.41. The Labute approximate surface area is 134 Å². The van der Waals surface area contributed by atoms with Crippen LogP contribution >= 0.6 is 38.5 Å². The molecule has 0 bridgehead atoms. The van der Waals surface area contributed by atoms with Crippen molar-refractivity contribution in [2.24, 2.45) is 0 Å². The third-order valence-electron chi connectivity index (χ3n) is 2.76. The Hall–Kier alpha value is -0.690. The van der Waals surface area contributed by atoms with Gasteiger partial charge >= 0.3 is 0 Å². The van der Waals surface area contributed by atoms with E-state index in [2.05, 4.69) is 57.5 Å². The van der Waals surface area contributed by atoms with Crippen LogP contribution in [0.3, 0.4) is 0 Å². The second-order valence-corrected chi connectivity index (χ2v) is 6.68. The van der Waals surface area contributed by atoms with Crippen molar-refractivity contribution in [1.82, 2.24) is 9.78 Å². The second-order valence-electron chi connectivity index (χ2n) is 4.60. The van der Waals surface area contributed by atoms with Crippen molar-refractivity contribution >= 4 is 44.3 Å². The van der Waals surface area contributed by atoms with Crippen LogP contribution in [0.25, 0.3) is 0 Å². The van der Waals surface area contributed by atoms with Crippen LogP contribution in [0.1, 0.15) is 35.9 Å². The van der Waals surface area contributed by atoms with Crippen LogP contribution in [0.5, 0.6) is 0 Å². The van der Waals surface area contributed by atoms with E-state index < -0.39 is 0 Å². The maximum Gasteiger partial charge on any atom is 0.169 e. The fraction of sp³-hybridized carbons (Fsp3) is 0.286. The zero-order chi connectivity index (χ0) is 14.0. The topological polar surface area (TPSA) is 34.9 Å². The number of aromatic nitrogens is 2. The number of hydrogen-bond acceptors (Lipinski definition) is 2. The van der Waals surface area contributed by atoms with Gasteiger partial charge in [-0.1, -0.05) is 15.9 Å².